The van der Waals surface area contributed by atoms with Crippen molar-refractivity contribution in [3.05, 3.63) is 24.3 Å². The van der Waals surface area contributed by atoms with Crippen LogP contribution in [0.4, 0.5) is 5.69 Å². The fourth-order valence-electron chi connectivity index (χ4n) is 1.76. The third kappa shape index (κ3) is 7.92. The zero-order valence-corrected chi connectivity index (χ0v) is 13.8. The summed E-state index contributed by atoms with van der Waals surface area (Å²) in [6, 6.07) is 6.95. The molecule has 0 unspecified atom stereocenters. The molecule has 0 heterocycles. The molecule has 8 nitrogen and oxygen atoms in total. The highest BCUT2D eigenvalue weighted by Gasteiger charge is 2.07. The molecule has 0 aliphatic carbocycles. The van der Waals surface area contributed by atoms with Crippen molar-refractivity contribution in [1.29, 1.82) is 0 Å². The van der Waals surface area contributed by atoms with E-state index in [0.29, 0.717) is 18.0 Å². The van der Waals surface area contributed by atoms with Gasteiger partial charge in [0.05, 0.1) is 13.0 Å². The lowest BCUT2D eigenvalue weighted by molar-refractivity contribution is -0.124. The maximum absolute atomic E-state index is 11.8. The summed E-state index contributed by atoms with van der Waals surface area (Å²) in [4.78, 5) is 34.0. The number of primary amides is 1. The Morgan fingerprint density at radius 2 is 1.75 bits per heavy atom. The number of carbonyl (C=O) groups excluding carboxylic acids is 3. The molecular formula is C16H22N4O4. The lowest BCUT2D eigenvalue weighted by Gasteiger charge is -2.07. The van der Waals surface area contributed by atoms with Crippen LogP contribution < -0.4 is 21.2 Å². The van der Waals surface area contributed by atoms with Crippen molar-refractivity contribution in [2.45, 2.75) is 33.1 Å². The molecule has 24 heavy (non-hydrogen) atoms. The van der Waals surface area contributed by atoms with E-state index in [2.05, 4.69) is 15.8 Å². The Balaban J connectivity index is 2.35. The first kappa shape index (κ1) is 19.1. The molecule has 1 rings (SSSR count). The van der Waals surface area contributed by atoms with Crippen LogP contribution in [0.1, 0.15) is 33.1 Å². The second-order valence-corrected chi connectivity index (χ2v) is 5.03. The van der Waals surface area contributed by atoms with Gasteiger partial charge in [-0.2, -0.15) is 5.10 Å². The SMILES string of the molecule is CCOc1ccc(NC(=O)CCC(=O)NN=C(C)CC(N)=O)cc1. The van der Waals surface area contributed by atoms with Crippen molar-refractivity contribution in [3.63, 3.8) is 0 Å². The summed E-state index contributed by atoms with van der Waals surface area (Å²) in [5.41, 5.74) is 8.30. The van der Waals surface area contributed by atoms with E-state index in [1.165, 1.54) is 0 Å². The molecule has 0 saturated carbocycles. The van der Waals surface area contributed by atoms with Crippen molar-refractivity contribution in [2.75, 3.05) is 11.9 Å². The summed E-state index contributed by atoms with van der Waals surface area (Å²) in [7, 11) is 0. The van der Waals surface area contributed by atoms with E-state index in [-0.39, 0.29) is 25.2 Å². The van der Waals surface area contributed by atoms with Crippen LogP contribution in [0.3, 0.4) is 0 Å². The first-order chi connectivity index (χ1) is 11.4. The van der Waals surface area contributed by atoms with Gasteiger partial charge < -0.3 is 15.8 Å². The summed E-state index contributed by atoms with van der Waals surface area (Å²) in [5, 5.41) is 6.41. The molecule has 130 valence electrons. The average molecular weight is 334 g/mol. The minimum Gasteiger partial charge on any atom is -0.494 e. The minimum absolute atomic E-state index is 0.0173. The van der Waals surface area contributed by atoms with Crippen LogP contribution >= 0.6 is 0 Å². The van der Waals surface area contributed by atoms with Gasteiger partial charge in [0.1, 0.15) is 5.75 Å². The van der Waals surface area contributed by atoms with E-state index in [4.69, 9.17) is 10.5 Å². The molecule has 0 aromatic heterocycles. The van der Waals surface area contributed by atoms with Gasteiger partial charge in [0.25, 0.3) is 0 Å². The summed E-state index contributed by atoms with van der Waals surface area (Å²) < 4.78 is 5.31. The van der Waals surface area contributed by atoms with Crippen molar-refractivity contribution < 1.29 is 19.1 Å². The molecule has 0 bridgehead atoms. The van der Waals surface area contributed by atoms with Crippen LogP contribution in [0.5, 0.6) is 5.75 Å². The smallest absolute Gasteiger partial charge is 0.240 e. The second-order valence-electron chi connectivity index (χ2n) is 5.03. The normalized spacial score (nSPS) is 10.8. The molecule has 0 atom stereocenters. The summed E-state index contributed by atoms with van der Waals surface area (Å²) in [6.45, 7) is 4.03. The van der Waals surface area contributed by atoms with E-state index in [1.54, 1.807) is 31.2 Å². The lowest BCUT2D eigenvalue weighted by atomic mass is 10.2. The number of nitrogens with one attached hydrogen (secondary N) is 2. The molecule has 0 aliphatic heterocycles. The predicted molar refractivity (Wildman–Crippen MR) is 90.5 cm³/mol. The molecule has 0 radical (unpaired) electrons. The molecule has 0 fully saturated rings. The third-order valence-electron chi connectivity index (χ3n) is 2.83. The van der Waals surface area contributed by atoms with Crippen LogP contribution in [0.25, 0.3) is 0 Å². The molecular weight excluding hydrogens is 312 g/mol. The number of anilines is 1. The van der Waals surface area contributed by atoms with Crippen LogP contribution in [0, 0.1) is 0 Å². The number of hydrazone groups is 1. The standard InChI is InChI=1S/C16H22N4O4/c1-3-24-13-6-4-12(5-7-13)18-15(22)8-9-16(23)20-19-11(2)10-14(17)21/h4-7H,3,8-10H2,1-2H3,(H2,17,21)(H,18,22)(H,20,23). The van der Waals surface area contributed by atoms with Crippen molar-refractivity contribution >= 4 is 29.1 Å². The summed E-state index contributed by atoms with van der Waals surface area (Å²) >= 11 is 0. The number of ether oxygens (including phenoxy) is 1. The Kier molecular flexibility index (Phi) is 7.97. The van der Waals surface area contributed by atoms with Crippen LogP contribution in [0.15, 0.2) is 29.4 Å². The number of amides is 3. The van der Waals surface area contributed by atoms with E-state index in [9.17, 15) is 14.4 Å². The number of benzene rings is 1. The Morgan fingerprint density at radius 1 is 1.12 bits per heavy atom. The van der Waals surface area contributed by atoms with Crippen molar-refractivity contribution in [3.8, 4) is 5.75 Å². The first-order valence-electron chi connectivity index (χ1n) is 7.53. The van der Waals surface area contributed by atoms with Gasteiger partial charge in [-0.25, -0.2) is 5.43 Å². The maximum Gasteiger partial charge on any atom is 0.240 e. The van der Waals surface area contributed by atoms with E-state index in [0.717, 1.165) is 5.75 Å². The van der Waals surface area contributed by atoms with Gasteiger partial charge in [-0.3, -0.25) is 14.4 Å². The Morgan fingerprint density at radius 3 is 2.33 bits per heavy atom. The molecule has 1 aromatic carbocycles. The predicted octanol–water partition coefficient (Wildman–Crippen LogP) is 1.17. The van der Waals surface area contributed by atoms with Crippen molar-refractivity contribution in [2.24, 2.45) is 10.8 Å². The molecule has 3 amide bonds. The highest BCUT2D eigenvalue weighted by molar-refractivity contribution is 5.99. The highest BCUT2D eigenvalue weighted by Crippen LogP contribution is 2.15. The number of nitrogens with zero attached hydrogens (tertiary/aromatic N) is 1. The topological polar surface area (TPSA) is 123 Å². The average Bonchev–Trinajstić information content (AvgIpc) is 2.52. The molecule has 0 saturated heterocycles. The van der Waals surface area contributed by atoms with Gasteiger partial charge in [-0.1, -0.05) is 0 Å². The van der Waals surface area contributed by atoms with Gasteiger partial charge in [0.15, 0.2) is 0 Å². The Labute approximate surface area is 140 Å². The quantitative estimate of drug-likeness (QED) is 0.463. The molecule has 0 aliphatic rings. The number of hydrogen-bond acceptors (Lipinski definition) is 5. The summed E-state index contributed by atoms with van der Waals surface area (Å²) in [6.07, 6.45) is -0.0296. The molecule has 0 spiro atoms. The maximum atomic E-state index is 11.8. The monoisotopic (exact) mass is 334 g/mol. The third-order valence-corrected chi connectivity index (χ3v) is 2.83. The fourth-order valence-corrected chi connectivity index (χ4v) is 1.76. The lowest BCUT2D eigenvalue weighted by Crippen LogP contribution is -2.23. The molecule has 1 aromatic rings. The van der Waals surface area contributed by atoms with Gasteiger partial charge >= 0.3 is 0 Å². The van der Waals surface area contributed by atoms with Gasteiger partial charge in [-0.15, -0.1) is 0 Å². The number of carbonyl (C=O) groups is 3. The summed E-state index contributed by atoms with van der Waals surface area (Å²) in [5.74, 6) is -0.507. The highest BCUT2D eigenvalue weighted by atomic mass is 16.5. The van der Waals surface area contributed by atoms with E-state index < -0.39 is 11.8 Å². The van der Waals surface area contributed by atoms with Crippen LogP contribution in [-0.2, 0) is 14.4 Å². The Hall–Kier alpha value is -2.90. The number of rotatable bonds is 9. The zero-order chi connectivity index (χ0) is 17.9. The molecule has 4 N–H and O–H groups in total. The fraction of sp³-hybridized carbons (Fsp3) is 0.375. The van der Waals surface area contributed by atoms with Gasteiger partial charge in [0.2, 0.25) is 17.7 Å². The van der Waals surface area contributed by atoms with E-state index >= 15 is 0 Å². The van der Waals surface area contributed by atoms with Crippen LogP contribution in [-0.4, -0.2) is 30.0 Å². The van der Waals surface area contributed by atoms with Gasteiger partial charge in [0, 0.05) is 24.2 Å². The zero-order valence-electron chi connectivity index (χ0n) is 13.8. The number of hydrogen-bond donors (Lipinski definition) is 3. The first-order valence-corrected chi connectivity index (χ1v) is 7.53. The van der Waals surface area contributed by atoms with Crippen molar-refractivity contribution in [1.82, 2.24) is 5.43 Å². The number of nitrogens with two attached hydrogens (primary N) is 1. The van der Waals surface area contributed by atoms with E-state index in [1.807, 2.05) is 6.92 Å². The molecule has 8 heteroatoms. The van der Waals surface area contributed by atoms with Crippen LogP contribution in [0.2, 0.25) is 0 Å². The Bertz CT molecular complexity index is 611. The minimum atomic E-state index is -0.528. The second kappa shape index (κ2) is 9.98. The van der Waals surface area contributed by atoms with Gasteiger partial charge in [-0.05, 0) is 38.1 Å². The largest absolute Gasteiger partial charge is 0.494 e.